The Labute approximate surface area is 176 Å². The molecule has 0 unspecified atom stereocenters. The van der Waals surface area contributed by atoms with Crippen LogP contribution >= 0.6 is 23.4 Å². The summed E-state index contributed by atoms with van der Waals surface area (Å²) in [6.45, 7) is 0. The van der Waals surface area contributed by atoms with Crippen molar-refractivity contribution in [3.05, 3.63) is 89.4 Å². The Morgan fingerprint density at radius 1 is 0.897 bits per heavy atom. The summed E-state index contributed by atoms with van der Waals surface area (Å²) in [5.74, 6) is 1.88. The zero-order valence-corrected chi connectivity index (χ0v) is 16.7. The fraction of sp³-hybridized carbons (Fsp3) is 0.0455. The first-order valence-electron chi connectivity index (χ1n) is 8.76. The number of aromatic nitrogens is 2. The summed E-state index contributed by atoms with van der Waals surface area (Å²) in [5.41, 5.74) is 1.25. The Balaban J connectivity index is 1.36. The Hall–Kier alpha value is -3.09. The smallest absolute Gasteiger partial charge is 0.277 e. The SMILES string of the molecule is O=C(CSc1nnc(-c2ccccc2Cl)o1)c1ccc(Oc2ccccc2)cc1. The van der Waals surface area contributed by atoms with E-state index in [-0.39, 0.29) is 11.5 Å². The lowest BCUT2D eigenvalue weighted by atomic mass is 10.1. The maximum absolute atomic E-state index is 12.4. The molecule has 7 heteroatoms. The Morgan fingerprint density at radius 2 is 1.59 bits per heavy atom. The molecule has 0 N–H and O–H groups in total. The Kier molecular flexibility index (Phi) is 5.93. The van der Waals surface area contributed by atoms with Gasteiger partial charge in [0, 0.05) is 5.56 Å². The summed E-state index contributed by atoms with van der Waals surface area (Å²) < 4.78 is 11.3. The molecule has 0 amide bonds. The molecule has 1 aromatic heterocycles. The van der Waals surface area contributed by atoms with E-state index in [1.165, 1.54) is 11.8 Å². The van der Waals surface area contributed by atoms with Crippen LogP contribution in [0.1, 0.15) is 10.4 Å². The molecule has 1 heterocycles. The Morgan fingerprint density at radius 3 is 2.34 bits per heavy atom. The molecule has 0 bridgehead atoms. The summed E-state index contributed by atoms with van der Waals surface area (Å²) in [6, 6.07) is 23.7. The third-order valence-corrected chi connectivity index (χ3v) is 5.14. The summed E-state index contributed by atoms with van der Waals surface area (Å²) in [7, 11) is 0. The number of ketones is 1. The quantitative estimate of drug-likeness (QED) is 0.262. The number of hydrogen-bond donors (Lipinski definition) is 0. The molecule has 0 aliphatic heterocycles. The van der Waals surface area contributed by atoms with Gasteiger partial charge in [-0.05, 0) is 48.5 Å². The van der Waals surface area contributed by atoms with Crippen molar-refractivity contribution in [2.45, 2.75) is 5.22 Å². The monoisotopic (exact) mass is 422 g/mol. The molecule has 3 aromatic carbocycles. The number of Topliss-reactive ketones (excluding diaryl/α,β-unsaturated/α-hetero) is 1. The summed E-state index contributed by atoms with van der Waals surface area (Å²) in [4.78, 5) is 12.4. The van der Waals surface area contributed by atoms with Crippen LogP contribution < -0.4 is 4.74 Å². The highest BCUT2D eigenvalue weighted by atomic mass is 35.5. The molecule has 0 aliphatic carbocycles. The van der Waals surface area contributed by atoms with Gasteiger partial charge in [0.1, 0.15) is 11.5 Å². The largest absolute Gasteiger partial charge is 0.457 e. The van der Waals surface area contributed by atoms with E-state index in [2.05, 4.69) is 10.2 Å². The normalized spacial score (nSPS) is 10.7. The van der Waals surface area contributed by atoms with Crippen molar-refractivity contribution in [3.63, 3.8) is 0 Å². The molecule has 0 aliphatic rings. The van der Waals surface area contributed by atoms with Crippen LogP contribution in [0.5, 0.6) is 11.5 Å². The van der Waals surface area contributed by atoms with Crippen LogP contribution in [0, 0.1) is 0 Å². The van der Waals surface area contributed by atoms with Gasteiger partial charge in [-0.15, -0.1) is 10.2 Å². The molecule has 0 atom stereocenters. The zero-order chi connectivity index (χ0) is 20.1. The highest BCUT2D eigenvalue weighted by Crippen LogP contribution is 2.29. The number of ether oxygens (including phenoxy) is 1. The first kappa shape index (κ1) is 19.2. The van der Waals surface area contributed by atoms with Crippen LogP contribution in [0.25, 0.3) is 11.5 Å². The van der Waals surface area contributed by atoms with Crippen LogP contribution in [-0.2, 0) is 0 Å². The molecule has 144 valence electrons. The van der Waals surface area contributed by atoms with Gasteiger partial charge in [0.05, 0.1) is 16.3 Å². The van der Waals surface area contributed by atoms with E-state index in [4.69, 9.17) is 20.8 Å². The fourth-order valence-corrected chi connectivity index (χ4v) is 3.43. The van der Waals surface area contributed by atoms with Gasteiger partial charge >= 0.3 is 0 Å². The predicted octanol–water partition coefficient (Wildman–Crippen LogP) is 6.16. The minimum absolute atomic E-state index is 0.0428. The first-order valence-corrected chi connectivity index (χ1v) is 10.1. The van der Waals surface area contributed by atoms with Gasteiger partial charge in [-0.2, -0.15) is 0 Å². The molecule has 5 nitrogen and oxygen atoms in total. The van der Waals surface area contributed by atoms with Gasteiger partial charge < -0.3 is 9.15 Å². The van der Waals surface area contributed by atoms with Gasteiger partial charge in [0.2, 0.25) is 5.89 Å². The third kappa shape index (κ3) is 4.85. The van der Waals surface area contributed by atoms with Crippen LogP contribution in [0.15, 0.2) is 88.5 Å². The molecule has 0 radical (unpaired) electrons. The molecule has 0 fully saturated rings. The van der Waals surface area contributed by atoms with Crippen molar-refractivity contribution >= 4 is 29.1 Å². The number of nitrogens with zero attached hydrogens (tertiary/aromatic N) is 2. The van der Waals surface area contributed by atoms with E-state index < -0.39 is 0 Å². The van der Waals surface area contributed by atoms with Crippen molar-refractivity contribution in [3.8, 4) is 23.0 Å². The molecule has 29 heavy (non-hydrogen) atoms. The number of halogens is 1. The second-order valence-electron chi connectivity index (χ2n) is 6.00. The Bertz CT molecular complexity index is 1110. The van der Waals surface area contributed by atoms with E-state index in [1.807, 2.05) is 42.5 Å². The van der Waals surface area contributed by atoms with Crippen LogP contribution in [0.4, 0.5) is 0 Å². The average molecular weight is 423 g/mol. The van der Waals surface area contributed by atoms with E-state index in [9.17, 15) is 4.79 Å². The van der Waals surface area contributed by atoms with Gasteiger partial charge in [-0.25, -0.2) is 0 Å². The van der Waals surface area contributed by atoms with Gasteiger partial charge in [-0.1, -0.05) is 53.7 Å². The van der Waals surface area contributed by atoms with Crippen molar-refractivity contribution in [1.82, 2.24) is 10.2 Å². The number of hydrogen-bond acceptors (Lipinski definition) is 6. The molecule has 0 spiro atoms. The van der Waals surface area contributed by atoms with Crippen molar-refractivity contribution in [2.75, 3.05) is 5.75 Å². The number of benzene rings is 3. The second-order valence-corrected chi connectivity index (χ2v) is 7.34. The van der Waals surface area contributed by atoms with Crippen LogP contribution in [0.2, 0.25) is 5.02 Å². The van der Waals surface area contributed by atoms with Crippen molar-refractivity contribution < 1.29 is 13.9 Å². The second kappa shape index (κ2) is 8.94. The zero-order valence-electron chi connectivity index (χ0n) is 15.1. The lowest BCUT2D eigenvalue weighted by molar-refractivity contribution is 0.102. The van der Waals surface area contributed by atoms with Gasteiger partial charge in [-0.3, -0.25) is 4.79 Å². The topological polar surface area (TPSA) is 65.2 Å². The molecule has 0 saturated carbocycles. The molecule has 4 aromatic rings. The minimum Gasteiger partial charge on any atom is -0.457 e. The average Bonchev–Trinajstić information content (AvgIpc) is 3.22. The highest BCUT2D eigenvalue weighted by molar-refractivity contribution is 7.99. The summed E-state index contributed by atoms with van der Waals surface area (Å²) >= 11 is 7.33. The van der Waals surface area contributed by atoms with Crippen molar-refractivity contribution in [2.24, 2.45) is 0 Å². The van der Waals surface area contributed by atoms with Crippen LogP contribution in [0.3, 0.4) is 0 Å². The van der Waals surface area contributed by atoms with Gasteiger partial charge in [0.15, 0.2) is 5.78 Å². The lowest BCUT2D eigenvalue weighted by Crippen LogP contribution is -2.02. The molecule has 4 rings (SSSR count). The van der Waals surface area contributed by atoms with Crippen molar-refractivity contribution in [1.29, 1.82) is 0 Å². The van der Waals surface area contributed by atoms with E-state index >= 15 is 0 Å². The maximum Gasteiger partial charge on any atom is 0.277 e. The minimum atomic E-state index is -0.0428. The number of carbonyl (C=O) groups is 1. The van der Waals surface area contributed by atoms with E-state index in [1.54, 1.807) is 36.4 Å². The fourth-order valence-electron chi connectivity index (χ4n) is 2.56. The van der Waals surface area contributed by atoms with E-state index in [0.29, 0.717) is 33.0 Å². The number of thioether (sulfide) groups is 1. The number of carbonyl (C=O) groups excluding carboxylic acids is 1. The highest BCUT2D eigenvalue weighted by Gasteiger charge is 2.14. The standard InChI is InChI=1S/C22H15ClN2O3S/c23-19-9-5-4-8-18(19)21-24-25-22(28-21)29-14-20(26)15-10-12-17(13-11-15)27-16-6-2-1-3-7-16/h1-13H,14H2. The molecular weight excluding hydrogens is 408 g/mol. The maximum atomic E-state index is 12.4. The lowest BCUT2D eigenvalue weighted by Gasteiger charge is -2.06. The number of para-hydroxylation sites is 1. The number of rotatable bonds is 7. The molecular formula is C22H15ClN2O3S. The van der Waals surface area contributed by atoms with Gasteiger partial charge in [0.25, 0.3) is 5.22 Å². The summed E-state index contributed by atoms with van der Waals surface area (Å²) in [6.07, 6.45) is 0. The predicted molar refractivity (Wildman–Crippen MR) is 113 cm³/mol. The summed E-state index contributed by atoms with van der Waals surface area (Å²) in [5, 5.41) is 8.82. The third-order valence-electron chi connectivity index (χ3n) is 3.99. The van der Waals surface area contributed by atoms with Crippen LogP contribution in [-0.4, -0.2) is 21.7 Å². The van der Waals surface area contributed by atoms with E-state index in [0.717, 1.165) is 5.75 Å². The first-order chi connectivity index (χ1) is 14.2. The molecule has 0 saturated heterocycles.